The van der Waals surface area contributed by atoms with E-state index in [0.29, 0.717) is 51.7 Å². The molecule has 3 aromatic rings. The average Bonchev–Trinajstić information content (AvgIpc) is 3.31. The van der Waals surface area contributed by atoms with Gasteiger partial charge in [-0.15, -0.1) is 0 Å². The molecule has 0 aliphatic heterocycles. The van der Waals surface area contributed by atoms with Gasteiger partial charge in [-0.05, 0) is 123 Å². The van der Waals surface area contributed by atoms with Crippen molar-refractivity contribution in [1.82, 2.24) is 0 Å². The molecule has 1 aliphatic carbocycles. The second kappa shape index (κ2) is 15.3. The molecule has 10 heteroatoms. The van der Waals surface area contributed by atoms with Crippen molar-refractivity contribution in [3.63, 3.8) is 0 Å². The van der Waals surface area contributed by atoms with Crippen molar-refractivity contribution in [3.05, 3.63) is 55.3 Å². The Balaban J connectivity index is 2.69. The number of methoxy groups -OCH3 is 9. The van der Waals surface area contributed by atoms with Gasteiger partial charge < -0.3 is 42.6 Å². The fourth-order valence-corrected chi connectivity index (χ4v) is 16.6. The highest BCUT2D eigenvalue weighted by atomic mass is 28.3. The quantitative estimate of drug-likeness (QED) is 0.137. The summed E-state index contributed by atoms with van der Waals surface area (Å²) in [5, 5.41) is 4.63. The van der Waals surface area contributed by atoms with Crippen LogP contribution in [-0.2, 0) is 0 Å². The predicted octanol–water partition coefficient (Wildman–Crippen LogP) is 6.93. The van der Waals surface area contributed by atoms with Crippen molar-refractivity contribution < 1.29 is 42.6 Å². The van der Waals surface area contributed by atoms with Crippen LogP contribution in [0.3, 0.4) is 0 Å². The summed E-state index contributed by atoms with van der Waals surface area (Å²) in [4.78, 5) is 0. The summed E-state index contributed by atoms with van der Waals surface area (Å²) in [6.07, 6.45) is 0. The van der Waals surface area contributed by atoms with Crippen LogP contribution in [0.5, 0.6) is 51.7 Å². The molecular formula is C42H58O9Si. The van der Waals surface area contributed by atoms with Gasteiger partial charge in [-0.3, -0.25) is 0 Å². The van der Waals surface area contributed by atoms with Crippen molar-refractivity contribution in [2.75, 3.05) is 64.0 Å². The maximum absolute atomic E-state index is 6.26. The minimum atomic E-state index is -3.67. The number of ether oxygens (including phenoxy) is 9. The van der Waals surface area contributed by atoms with Crippen LogP contribution in [0.25, 0.3) is 0 Å². The van der Waals surface area contributed by atoms with E-state index in [1.54, 1.807) is 64.0 Å². The summed E-state index contributed by atoms with van der Waals surface area (Å²) in [6, 6.07) is 0. The maximum Gasteiger partial charge on any atom is 0.203 e. The van der Waals surface area contributed by atoms with E-state index in [1.165, 1.54) is 21.9 Å². The molecule has 0 aromatic heterocycles. The minimum absolute atomic E-state index is 0.0559. The van der Waals surface area contributed by atoms with Crippen molar-refractivity contribution >= 4 is 23.6 Å². The number of hydrogen-bond acceptors (Lipinski definition) is 9. The van der Waals surface area contributed by atoms with Gasteiger partial charge >= 0.3 is 0 Å². The zero-order chi connectivity index (χ0) is 39.1. The SMILES string of the molecule is COc1c(C)c([Si](C2=C(C)C(C)=C(C)C2C)(c2c(C)c(OC)c(OC)c(OC)c2C)c2c(C)c(OC)c(OC)c(OC)c2C)c(C)c(OC)c1OC. The van der Waals surface area contributed by atoms with Crippen molar-refractivity contribution in [2.24, 2.45) is 5.92 Å². The smallest absolute Gasteiger partial charge is 0.203 e. The normalized spacial score (nSPS) is 14.5. The van der Waals surface area contributed by atoms with Crippen LogP contribution in [-0.4, -0.2) is 72.1 Å². The Morgan fingerprint density at radius 2 is 0.538 bits per heavy atom. The van der Waals surface area contributed by atoms with Crippen molar-refractivity contribution in [3.8, 4) is 51.7 Å². The zero-order valence-electron chi connectivity index (χ0n) is 34.8. The lowest BCUT2D eigenvalue weighted by atomic mass is 10.0. The van der Waals surface area contributed by atoms with Crippen LogP contribution in [0.4, 0.5) is 0 Å². The van der Waals surface area contributed by atoms with Gasteiger partial charge in [0, 0.05) is 0 Å². The summed E-state index contributed by atoms with van der Waals surface area (Å²) >= 11 is 0. The van der Waals surface area contributed by atoms with Crippen LogP contribution in [0.1, 0.15) is 61.1 Å². The third-order valence-corrected chi connectivity index (χ3v) is 17.7. The van der Waals surface area contributed by atoms with Gasteiger partial charge in [0.2, 0.25) is 17.2 Å². The minimum Gasteiger partial charge on any atom is -0.492 e. The molecule has 0 heterocycles. The van der Waals surface area contributed by atoms with Crippen molar-refractivity contribution in [1.29, 1.82) is 0 Å². The number of rotatable bonds is 13. The van der Waals surface area contributed by atoms with Crippen LogP contribution in [0.15, 0.2) is 21.9 Å². The first kappa shape index (κ1) is 40.3. The summed E-state index contributed by atoms with van der Waals surface area (Å²) in [5.74, 6) is 5.30. The number of benzene rings is 3. The topological polar surface area (TPSA) is 83.1 Å². The van der Waals surface area contributed by atoms with E-state index in [4.69, 9.17) is 42.6 Å². The van der Waals surface area contributed by atoms with Crippen LogP contribution in [0, 0.1) is 47.5 Å². The summed E-state index contributed by atoms with van der Waals surface area (Å²) in [7, 11) is 11.3. The molecule has 0 spiro atoms. The van der Waals surface area contributed by atoms with Crippen LogP contribution in [0.2, 0.25) is 0 Å². The van der Waals surface area contributed by atoms with Gasteiger partial charge in [0.1, 0.15) is 0 Å². The first-order valence-electron chi connectivity index (χ1n) is 17.4. The molecule has 1 atom stereocenters. The molecule has 0 saturated heterocycles. The maximum atomic E-state index is 6.26. The highest BCUT2D eigenvalue weighted by Gasteiger charge is 2.55. The Kier molecular flexibility index (Phi) is 11.8. The molecule has 1 unspecified atom stereocenters. The first-order valence-corrected chi connectivity index (χ1v) is 19.4. The molecule has 4 rings (SSSR count). The molecule has 0 bridgehead atoms. The molecule has 284 valence electrons. The van der Waals surface area contributed by atoms with Gasteiger partial charge in [0.15, 0.2) is 42.6 Å². The van der Waals surface area contributed by atoms with E-state index in [2.05, 4.69) is 69.2 Å². The standard InChI is InChI=1S/C42H58O9Si/c1-20-21(2)23(4)39(22(20)3)52(40-24(5)30(43-11)36(49-17)31(44-12)25(40)6,41-26(7)32(45-13)37(50-18)33(46-14)27(41)8)42-28(9)34(47-15)38(51-19)35(48-16)29(42)10/h22H,1-19H3. The third kappa shape index (κ3) is 5.39. The van der Waals surface area contributed by atoms with E-state index in [0.717, 1.165) is 48.9 Å². The predicted molar refractivity (Wildman–Crippen MR) is 212 cm³/mol. The van der Waals surface area contributed by atoms with Gasteiger partial charge in [0.25, 0.3) is 0 Å². The summed E-state index contributed by atoms with van der Waals surface area (Å²) in [6.45, 7) is 21.8. The fraction of sp³-hybridized carbons (Fsp3) is 0.476. The largest absolute Gasteiger partial charge is 0.492 e. The Morgan fingerprint density at radius 3 is 0.692 bits per heavy atom. The molecule has 0 amide bonds. The van der Waals surface area contributed by atoms with Crippen LogP contribution >= 0.6 is 0 Å². The molecule has 0 N–H and O–H groups in total. The lowest BCUT2D eigenvalue weighted by Gasteiger charge is -2.45. The average molecular weight is 735 g/mol. The first-order chi connectivity index (χ1) is 24.6. The second-order valence-electron chi connectivity index (χ2n) is 13.5. The van der Waals surface area contributed by atoms with E-state index in [-0.39, 0.29) is 5.92 Å². The Morgan fingerprint density at radius 1 is 0.327 bits per heavy atom. The molecule has 52 heavy (non-hydrogen) atoms. The van der Waals surface area contributed by atoms with Gasteiger partial charge in [-0.1, -0.05) is 23.3 Å². The molecule has 0 saturated carbocycles. The lowest BCUT2D eigenvalue weighted by Crippen LogP contribution is -2.73. The molecule has 0 radical (unpaired) electrons. The molecule has 9 nitrogen and oxygen atoms in total. The highest BCUT2D eigenvalue weighted by molar-refractivity contribution is 7.17. The van der Waals surface area contributed by atoms with E-state index in [9.17, 15) is 0 Å². The van der Waals surface area contributed by atoms with Gasteiger partial charge in [0.05, 0.1) is 64.0 Å². The van der Waals surface area contributed by atoms with E-state index < -0.39 is 8.07 Å². The van der Waals surface area contributed by atoms with Gasteiger partial charge in [-0.2, -0.15) is 0 Å². The van der Waals surface area contributed by atoms with Gasteiger partial charge in [-0.25, -0.2) is 0 Å². The summed E-state index contributed by atoms with van der Waals surface area (Å²) < 4.78 is 55.6. The fourth-order valence-electron chi connectivity index (χ4n) is 9.32. The lowest BCUT2D eigenvalue weighted by molar-refractivity contribution is 0.322. The Bertz CT molecular complexity index is 1700. The molecular weight excluding hydrogens is 677 g/mol. The van der Waals surface area contributed by atoms with E-state index in [1.807, 2.05) is 0 Å². The van der Waals surface area contributed by atoms with Crippen molar-refractivity contribution in [2.45, 2.75) is 69.2 Å². The number of hydrogen-bond donors (Lipinski definition) is 0. The zero-order valence-corrected chi connectivity index (χ0v) is 35.8. The molecule has 0 fully saturated rings. The monoisotopic (exact) mass is 734 g/mol. The second-order valence-corrected chi connectivity index (χ2v) is 17.0. The third-order valence-electron chi connectivity index (χ3n) is 11.5. The highest BCUT2D eigenvalue weighted by Crippen LogP contribution is 2.51. The Hall–Kier alpha value is -4.44. The van der Waals surface area contributed by atoms with E-state index >= 15 is 0 Å². The summed E-state index contributed by atoms with van der Waals surface area (Å²) in [5.41, 5.74) is 9.49. The molecule has 1 aliphatic rings. The van der Waals surface area contributed by atoms with Crippen LogP contribution < -0.4 is 58.2 Å². The number of allylic oxidation sites excluding steroid dienone is 4. The molecule has 3 aromatic carbocycles. The Labute approximate surface area is 311 Å².